The highest BCUT2D eigenvalue weighted by Gasteiger charge is 2.45. The van der Waals surface area contributed by atoms with Crippen LogP contribution in [0.2, 0.25) is 0 Å². The Kier molecular flexibility index (Phi) is 3.49. The van der Waals surface area contributed by atoms with Crippen molar-refractivity contribution in [1.82, 2.24) is 19.5 Å². The Morgan fingerprint density at radius 2 is 2.24 bits per heavy atom. The van der Waals surface area contributed by atoms with Gasteiger partial charge in [0.1, 0.15) is 30.5 Å². The first-order valence-electron chi connectivity index (χ1n) is 6.50. The molecule has 0 aromatic carbocycles. The number of aromatic nitrogens is 4. The predicted molar refractivity (Wildman–Crippen MR) is 72.3 cm³/mol. The molecule has 2 aromatic rings. The van der Waals surface area contributed by atoms with Gasteiger partial charge in [0.25, 0.3) is 0 Å². The Balaban J connectivity index is 2.12. The van der Waals surface area contributed by atoms with Crippen LogP contribution >= 0.6 is 0 Å². The number of nitrogen functional groups attached to an aromatic ring is 1. The number of aliphatic hydroxyl groups excluding tert-OH is 2. The zero-order chi connectivity index (χ0) is 15.1. The van der Waals surface area contributed by atoms with Crippen LogP contribution in [0.5, 0.6) is 0 Å². The minimum Gasteiger partial charge on any atom is -0.394 e. The molecule has 0 bridgehead atoms. The molecule has 1 saturated heterocycles. The lowest BCUT2D eigenvalue weighted by atomic mass is 10.1. The molecule has 4 N–H and O–H groups in total. The van der Waals surface area contributed by atoms with Crippen LogP contribution in [0, 0.1) is 6.92 Å². The Labute approximate surface area is 120 Å². The Hall–Kier alpha value is -1.81. The quantitative estimate of drug-likeness (QED) is 0.656. The van der Waals surface area contributed by atoms with Gasteiger partial charge >= 0.3 is 0 Å². The van der Waals surface area contributed by atoms with Gasteiger partial charge in [-0.2, -0.15) is 0 Å². The molecule has 0 amide bonds. The first-order valence-corrected chi connectivity index (χ1v) is 6.50. The number of nitrogens with zero attached hydrogens (tertiary/aromatic N) is 4. The van der Waals surface area contributed by atoms with E-state index in [0.29, 0.717) is 17.0 Å². The molecule has 1 aliphatic rings. The summed E-state index contributed by atoms with van der Waals surface area (Å²) in [4.78, 5) is 12.4. The highest BCUT2D eigenvalue weighted by molar-refractivity contribution is 5.81. The van der Waals surface area contributed by atoms with E-state index >= 15 is 0 Å². The van der Waals surface area contributed by atoms with Crippen LogP contribution in [0.25, 0.3) is 11.2 Å². The summed E-state index contributed by atoms with van der Waals surface area (Å²) in [5.74, 6) is 0.878. The van der Waals surface area contributed by atoms with E-state index in [1.165, 1.54) is 13.4 Å². The van der Waals surface area contributed by atoms with Crippen molar-refractivity contribution in [3.63, 3.8) is 0 Å². The molecule has 9 heteroatoms. The number of methoxy groups -OCH3 is 1. The van der Waals surface area contributed by atoms with Crippen LogP contribution < -0.4 is 5.73 Å². The van der Waals surface area contributed by atoms with Gasteiger partial charge < -0.3 is 25.4 Å². The van der Waals surface area contributed by atoms with Gasteiger partial charge in [-0.3, -0.25) is 4.57 Å². The predicted octanol–water partition coefficient (Wildman–Crippen LogP) is -1.02. The van der Waals surface area contributed by atoms with Crippen LogP contribution in [0.4, 0.5) is 5.82 Å². The molecule has 0 saturated carbocycles. The summed E-state index contributed by atoms with van der Waals surface area (Å²) in [5, 5.41) is 19.4. The zero-order valence-electron chi connectivity index (χ0n) is 11.7. The van der Waals surface area contributed by atoms with Gasteiger partial charge in [-0.15, -0.1) is 0 Å². The second-order valence-electron chi connectivity index (χ2n) is 4.90. The molecule has 114 valence electrons. The molecule has 0 spiro atoms. The molecule has 21 heavy (non-hydrogen) atoms. The molecule has 0 aliphatic carbocycles. The Morgan fingerprint density at radius 3 is 2.90 bits per heavy atom. The van der Waals surface area contributed by atoms with Crippen molar-refractivity contribution in [1.29, 1.82) is 0 Å². The molecule has 2 aromatic heterocycles. The summed E-state index contributed by atoms with van der Waals surface area (Å²) in [6, 6.07) is 0. The smallest absolute Gasteiger partial charge is 0.167 e. The summed E-state index contributed by atoms with van der Waals surface area (Å²) >= 11 is 0. The number of hydrogen-bond acceptors (Lipinski definition) is 8. The minimum absolute atomic E-state index is 0.271. The maximum atomic E-state index is 10.1. The van der Waals surface area contributed by atoms with Crippen LogP contribution in [0.15, 0.2) is 6.33 Å². The van der Waals surface area contributed by atoms with Gasteiger partial charge in [-0.05, 0) is 6.92 Å². The lowest BCUT2D eigenvalue weighted by Crippen LogP contribution is -2.34. The van der Waals surface area contributed by atoms with Crippen molar-refractivity contribution >= 4 is 17.0 Å². The fourth-order valence-corrected chi connectivity index (χ4v) is 2.67. The average molecular weight is 295 g/mol. The summed E-state index contributed by atoms with van der Waals surface area (Å²) in [6.07, 6.45) is -1.63. The number of ether oxygens (including phenoxy) is 2. The Bertz CT molecular complexity index is 660. The van der Waals surface area contributed by atoms with Crippen molar-refractivity contribution in [2.75, 3.05) is 19.5 Å². The first-order chi connectivity index (χ1) is 10.1. The van der Waals surface area contributed by atoms with Gasteiger partial charge in [0.15, 0.2) is 23.2 Å². The SMILES string of the molecule is COC1C(O)[C@H](CO)O[C@@H]1n1c(C)nc2c(N)ncnc21. The van der Waals surface area contributed by atoms with Crippen LogP contribution in [0.3, 0.4) is 0 Å². The second kappa shape index (κ2) is 5.19. The third-order valence-electron chi connectivity index (χ3n) is 3.70. The number of fused-ring (bicyclic) bond motifs is 1. The maximum Gasteiger partial charge on any atom is 0.167 e. The van der Waals surface area contributed by atoms with Crippen molar-refractivity contribution in [2.45, 2.75) is 31.5 Å². The summed E-state index contributed by atoms with van der Waals surface area (Å²) in [6.45, 7) is 1.47. The number of hydrogen-bond donors (Lipinski definition) is 3. The van der Waals surface area contributed by atoms with Gasteiger partial charge in [-0.1, -0.05) is 0 Å². The molecule has 3 rings (SSSR count). The summed E-state index contributed by atoms with van der Waals surface area (Å²) in [7, 11) is 1.47. The van der Waals surface area contributed by atoms with Crippen molar-refractivity contribution in [2.24, 2.45) is 0 Å². The normalized spacial score (nSPS) is 29.3. The molecule has 1 fully saturated rings. The van der Waals surface area contributed by atoms with Crippen LogP contribution in [0.1, 0.15) is 12.1 Å². The topological polar surface area (TPSA) is 129 Å². The largest absolute Gasteiger partial charge is 0.394 e. The fourth-order valence-electron chi connectivity index (χ4n) is 2.67. The van der Waals surface area contributed by atoms with Gasteiger partial charge in [0.05, 0.1) is 6.61 Å². The average Bonchev–Trinajstić information content (AvgIpc) is 2.96. The number of aryl methyl sites for hydroxylation is 1. The standard InChI is InChI=1S/C12H17N5O4/c1-5-16-7-10(13)14-4-15-11(7)17(5)12-9(20-2)8(19)6(3-18)21-12/h4,6,8-9,12,18-19H,3H2,1-2H3,(H2,13,14,15)/t6-,8?,9?,12-/m0/s1. The summed E-state index contributed by atoms with van der Waals surface area (Å²) < 4.78 is 12.7. The molecule has 0 radical (unpaired) electrons. The van der Waals surface area contributed by atoms with Crippen molar-refractivity contribution in [3.8, 4) is 0 Å². The van der Waals surface area contributed by atoms with Crippen LogP contribution in [-0.2, 0) is 9.47 Å². The van der Waals surface area contributed by atoms with E-state index in [1.807, 2.05) is 0 Å². The van der Waals surface area contributed by atoms with Gasteiger partial charge in [0.2, 0.25) is 0 Å². The highest BCUT2D eigenvalue weighted by atomic mass is 16.6. The first kappa shape index (κ1) is 14.1. The maximum absolute atomic E-state index is 10.1. The number of imidazole rings is 1. The molecule has 9 nitrogen and oxygen atoms in total. The van der Waals surface area contributed by atoms with Gasteiger partial charge in [-0.25, -0.2) is 15.0 Å². The number of rotatable bonds is 3. The van der Waals surface area contributed by atoms with Crippen molar-refractivity contribution in [3.05, 3.63) is 12.2 Å². The minimum atomic E-state index is -0.943. The monoisotopic (exact) mass is 295 g/mol. The lowest BCUT2D eigenvalue weighted by Gasteiger charge is -2.21. The Morgan fingerprint density at radius 1 is 1.48 bits per heavy atom. The molecule has 1 aliphatic heterocycles. The number of nitrogens with two attached hydrogens (primary N) is 1. The highest BCUT2D eigenvalue weighted by Crippen LogP contribution is 2.34. The molecular formula is C12H17N5O4. The van der Waals surface area contributed by atoms with E-state index in [0.717, 1.165) is 0 Å². The van der Waals surface area contributed by atoms with E-state index in [4.69, 9.17) is 15.2 Å². The number of anilines is 1. The summed E-state index contributed by atoms with van der Waals surface area (Å²) in [5.41, 5.74) is 6.76. The van der Waals surface area contributed by atoms with E-state index in [9.17, 15) is 10.2 Å². The van der Waals surface area contributed by atoms with Crippen LogP contribution in [-0.4, -0.2) is 61.8 Å². The molecule has 2 unspecified atom stereocenters. The van der Waals surface area contributed by atoms with E-state index < -0.39 is 24.5 Å². The van der Waals surface area contributed by atoms with Crippen molar-refractivity contribution < 1.29 is 19.7 Å². The molecule has 4 atom stereocenters. The fraction of sp³-hybridized carbons (Fsp3) is 0.583. The lowest BCUT2D eigenvalue weighted by molar-refractivity contribution is -0.0592. The van der Waals surface area contributed by atoms with E-state index in [-0.39, 0.29) is 12.4 Å². The zero-order valence-corrected chi connectivity index (χ0v) is 11.7. The second-order valence-corrected chi connectivity index (χ2v) is 4.90. The third kappa shape index (κ3) is 2.05. The number of aliphatic hydroxyl groups is 2. The molecular weight excluding hydrogens is 278 g/mol. The third-order valence-corrected chi connectivity index (χ3v) is 3.70. The van der Waals surface area contributed by atoms with E-state index in [1.54, 1.807) is 11.5 Å². The van der Waals surface area contributed by atoms with Gasteiger partial charge in [0, 0.05) is 7.11 Å². The van der Waals surface area contributed by atoms with E-state index in [2.05, 4.69) is 15.0 Å². The molecule has 3 heterocycles.